The lowest BCUT2D eigenvalue weighted by Gasteiger charge is -2.16. The van der Waals surface area contributed by atoms with Crippen LogP contribution in [0.5, 0.6) is 11.5 Å². The molecule has 1 aromatic carbocycles. The van der Waals surface area contributed by atoms with Gasteiger partial charge < -0.3 is 15.2 Å². The van der Waals surface area contributed by atoms with Gasteiger partial charge >= 0.3 is 0 Å². The molecule has 2 aromatic rings. The van der Waals surface area contributed by atoms with Gasteiger partial charge in [-0.15, -0.1) is 5.10 Å². The van der Waals surface area contributed by atoms with Crippen LogP contribution in [0.25, 0.3) is 0 Å². The maximum atomic E-state index is 5.80. The zero-order chi connectivity index (χ0) is 16.7. The van der Waals surface area contributed by atoms with Crippen LogP contribution in [-0.4, -0.2) is 28.7 Å². The highest BCUT2D eigenvalue weighted by atomic mass is 16.5. The van der Waals surface area contributed by atoms with E-state index in [1.807, 2.05) is 28.9 Å². The van der Waals surface area contributed by atoms with E-state index in [-0.39, 0.29) is 0 Å². The summed E-state index contributed by atoms with van der Waals surface area (Å²) >= 11 is 0. The molecule has 0 aliphatic carbocycles. The van der Waals surface area contributed by atoms with Crippen LogP contribution in [0.1, 0.15) is 44.0 Å². The molecule has 1 heterocycles. The average molecular weight is 318 g/mol. The third-order valence-corrected chi connectivity index (χ3v) is 4.04. The third-order valence-electron chi connectivity index (χ3n) is 4.04. The Hall–Kier alpha value is -2.08. The first-order valence-corrected chi connectivity index (χ1v) is 8.12. The van der Waals surface area contributed by atoms with Crippen molar-refractivity contribution in [3.8, 4) is 11.5 Å². The van der Waals surface area contributed by atoms with Crippen molar-refractivity contribution in [3.63, 3.8) is 0 Å². The molecule has 0 aliphatic heterocycles. The summed E-state index contributed by atoms with van der Waals surface area (Å²) in [5, 5.41) is 8.46. The van der Waals surface area contributed by atoms with Crippen molar-refractivity contribution >= 4 is 0 Å². The Kier molecular flexibility index (Phi) is 6.40. The van der Waals surface area contributed by atoms with E-state index in [0.29, 0.717) is 25.6 Å². The summed E-state index contributed by atoms with van der Waals surface area (Å²) in [6, 6.07) is 7.56. The van der Waals surface area contributed by atoms with E-state index in [1.54, 1.807) is 7.11 Å². The Balaban J connectivity index is 2.00. The van der Waals surface area contributed by atoms with Crippen LogP contribution in [0.2, 0.25) is 0 Å². The molecular formula is C17H26N4O2. The van der Waals surface area contributed by atoms with E-state index < -0.39 is 0 Å². The number of nitrogens with two attached hydrogens (primary N) is 1. The van der Waals surface area contributed by atoms with Gasteiger partial charge in [0.05, 0.1) is 25.0 Å². The molecule has 6 heteroatoms. The van der Waals surface area contributed by atoms with Crippen LogP contribution in [0, 0.1) is 0 Å². The number of methoxy groups -OCH3 is 1. The quantitative estimate of drug-likeness (QED) is 0.769. The maximum absolute atomic E-state index is 5.80. The molecular weight excluding hydrogens is 292 g/mol. The van der Waals surface area contributed by atoms with Gasteiger partial charge in [-0.25, -0.2) is 4.68 Å². The Morgan fingerprint density at radius 3 is 2.35 bits per heavy atom. The molecule has 2 N–H and O–H groups in total. The number of aromatic nitrogens is 3. The minimum atomic E-state index is 0.422. The van der Waals surface area contributed by atoms with Gasteiger partial charge in [0.1, 0.15) is 18.1 Å². The molecule has 2 rings (SSSR count). The lowest BCUT2D eigenvalue weighted by molar-refractivity contribution is 0.285. The summed E-state index contributed by atoms with van der Waals surface area (Å²) < 4.78 is 12.8. The van der Waals surface area contributed by atoms with Gasteiger partial charge in [0.25, 0.3) is 0 Å². The average Bonchev–Trinajstić information content (AvgIpc) is 3.00. The van der Waals surface area contributed by atoms with Crippen molar-refractivity contribution in [1.82, 2.24) is 15.0 Å². The number of ether oxygens (including phenoxy) is 2. The van der Waals surface area contributed by atoms with Crippen LogP contribution < -0.4 is 15.2 Å². The second-order valence-corrected chi connectivity index (χ2v) is 5.39. The van der Waals surface area contributed by atoms with Crippen molar-refractivity contribution in [2.45, 2.75) is 45.7 Å². The molecule has 0 unspecified atom stereocenters. The molecule has 0 bridgehead atoms. The van der Waals surface area contributed by atoms with Crippen LogP contribution in [0.15, 0.2) is 24.3 Å². The minimum Gasteiger partial charge on any atom is -0.497 e. The van der Waals surface area contributed by atoms with Gasteiger partial charge in [-0.2, -0.15) is 0 Å². The lowest BCUT2D eigenvalue weighted by Crippen LogP contribution is -2.16. The Morgan fingerprint density at radius 1 is 1.13 bits per heavy atom. The topological polar surface area (TPSA) is 75.2 Å². The van der Waals surface area contributed by atoms with Gasteiger partial charge in [0, 0.05) is 12.5 Å². The Labute approximate surface area is 137 Å². The monoisotopic (exact) mass is 318 g/mol. The molecule has 0 saturated heterocycles. The van der Waals surface area contributed by atoms with E-state index in [0.717, 1.165) is 35.7 Å². The molecule has 0 aliphatic rings. The molecule has 0 atom stereocenters. The van der Waals surface area contributed by atoms with E-state index >= 15 is 0 Å². The molecule has 0 saturated carbocycles. The summed E-state index contributed by atoms with van der Waals surface area (Å²) in [7, 11) is 1.65. The van der Waals surface area contributed by atoms with Crippen LogP contribution in [-0.2, 0) is 13.1 Å². The first-order valence-electron chi connectivity index (χ1n) is 8.12. The first kappa shape index (κ1) is 17.3. The van der Waals surface area contributed by atoms with Crippen molar-refractivity contribution < 1.29 is 9.47 Å². The zero-order valence-electron chi connectivity index (χ0n) is 14.2. The van der Waals surface area contributed by atoms with E-state index in [9.17, 15) is 0 Å². The molecule has 0 amide bonds. The van der Waals surface area contributed by atoms with Gasteiger partial charge in [-0.05, 0) is 37.1 Å². The fraction of sp³-hybridized carbons (Fsp3) is 0.529. The summed E-state index contributed by atoms with van der Waals surface area (Å²) in [6.07, 6.45) is 2.10. The van der Waals surface area contributed by atoms with Crippen molar-refractivity contribution in [1.29, 1.82) is 0 Å². The largest absolute Gasteiger partial charge is 0.497 e. The molecule has 6 nitrogen and oxygen atoms in total. The highest BCUT2D eigenvalue weighted by Crippen LogP contribution is 2.25. The fourth-order valence-electron chi connectivity index (χ4n) is 2.71. The Morgan fingerprint density at radius 2 is 1.78 bits per heavy atom. The third kappa shape index (κ3) is 4.22. The molecule has 0 fully saturated rings. The Bertz CT molecular complexity index is 591. The highest BCUT2D eigenvalue weighted by molar-refractivity contribution is 5.31. The summed E-state index contributed by atoms with van der Waals surface area (Å²) in [5.41, 5.74) is 7.84. The lowest BCUT2D eigenvalue weighted by atomic mass is 9.97. The predicted octanol–water partition coefficient (Wildman–Crippen LogP) is 2.73. The smallest absolute Gasteiger partial charge is 0.119 e. The van der Waals surface area contributed by atoms with E-state index in [1.165, 1.54) is 0 Å². The van der Waals surface area contributed by atoms with Crippen molar-refractivity contribution in [2.24, 2.45) is 5.73 Å². The highest BCUT2D eigenvalue weighted by Gasteiger charge is 2.19. The van der Waals surface area contributed by atoms with Gasteiger partial charge in [-0.1, -0.05) is 19.1 Å². The van der Waals surface area contributed by atoms with Crippen molar-refractivity contribution in [3.05, 3.63) is 35.7 Å². The number of hydrogen-bond donors (Lipinski definition) is 1. The number of hydrogen-bond acceptors (Lipinski definition) is 5. The van der Waals surface area contributed by atoms with Gasteiger partial charge in [-0.3, -0.25) is 0 Å². The number of rotatable bonds is 9. The zero-order valence-corrected chi connectivity index (χ0v) is 14.2. The van der Waals surface area contributed by atoms with E-state index in [4.69, 9.17) is 15.2 Å². The summed E-state index contributed by atoms with van der Waals surface area (Å²) in [5.74, 6) is 2.07. The predicted molar refractivity (Wildman–Crippen MR) is 89.7 cm³/mol. The molecule has 0 radical (unpaired) electrons. The van der Waals surface area contributed by atoms with Crippen LogP contribution in [0.3, 0.4) is 0 Å². The molecule has 126 valence electrons. The van der Waals surface area contributed by atoms with Crippen LogP contribution >= 0.6 is 0 Å². The van der Waals surface area contributed by atoms with Crippen molar-refractivity contribution in [2.75, 3.05) is 13.7 Å². The second-order valence-electron chi connectivity index (χ2n) is 5.39. The molecule has 0 spiro atoms. The van der Waals surface area contributed by atoms with Crippen LogP contribution in [0.4, 0.5) is 0 Å². The summed E-state index contributed by atoms with van der Waals surface area (Å²) in [6.45, 7) is 5.97. The first-order chi connectivity index (χ1) is 11.2. The normalized spacial score (nSPS) is 11.0. The van der Waals surface area contributed by atoms with Gasteiger partial charge in [0.15, 0.2) is 0 Å². The van der Waals surface area contributed by atoms with E-state index in [2.05, 4.69) is 24.2 Å². The second kappa shape index (κ2) is 8.53. The number of nitrogens with zero attached hydrogens (tertiary/aromatic N) is 3. The molecule has 1 aromatic heterocycles. The molecule has 23 heavy (non-hydrogen) atoms. The SMILES string of the molecule is CCC(CC)c1c(CN)nnn1CCOc1ccc(OC)cc1. The van der Waals surface area contributed by atoms with Gasteiger partial charge in [0.2, 0.25) is 0 Å². The minimum absolute atomic E-state index is 0.422. The maximum Gasteiger partial charge on any atom is 0.119 e. The standard InChI is InChI=1S/C17H26N4O2/c1-4-13(5-2)17-16(12-18)19-20-21(17)10-11-23-15-8-6-14(22-3)7-9-15/h6-9,13H,4-5,10-12,18H2,1-3H3. The number of benzene rings is 1. The summed E-state index contributed by atoms with van der Waals surface area (Å²) in [4.78, 5) is 0. The fourth-order valence-corrected chi connectivity index (χ4v) is 2.71.